The molecule has 8 nitrogen and oxygen atoms in total. The van der Waals surface area contributed by atoms with Crippen molar-refractivity contribution in [2.24, 2.45) is 5.16 Å². The summed E-state index contributed by atoms with van der Waals surface area (Å²) in [6.45, 7) is 1.31. The van der Waals surface area contributed by atoms with Crippen molar-refractivity contribution in [1.29, 1.82) is 0 Å². The topological polar surface area (TPSA) is 77.5 Å². The first-order valence-corrected chi connectivity index (χ1v) is 16.1. The molecule has 0 radical (unpaired) electrons. The van der Waals surface area contributed by atoms with Gasteiger partial charge in [0.1, 0.15) is 4.75 Å². The van der Waals surface area contributed by atoms with Crippen LogP contribution in [0.5, 0.6) is 0 Å². The molecule has 0 aliphatic carbocycles. The van der Waals surface area contributed by atoms with E-state index in [1.165, 1.54) is 11.8 Å². The summed E-state index contributed by atoms with van der Waals surface area (Å²) in [6, 6.07) is 18.1. The maximum Gasteiger partial charge on any atom is 0.344 e. The van der Waals surface area contributed by atoms with Crippen molar-refractivity contribution in [3.05, 3.63) is 97.4 Å². The van der Waals surface area contributed by atoms with Crippen molar-refractivity contribution in [3.8, 4) is 0 Å². The fourth-order valence-corrected chi connectivity index (χ4v) is 10.8. The molecule has 5 aliphatic rings. The molecule has 4 unspecified atom stereocenters. The van der Waals surface area contributed by atoms with Crippen molar-refractivity contribution in [2.45, 2.75) is 27.8 Å². The van der Waals surface area contributed by atoms with E-state index in [9.17, 15) is 4.79 Å². The molecular weight excluding hydrogens is 652 g/mol. The van der Waals surface area contributed by atoms with Gasteiger partial charge in [0.05, 0.1) is 15.6 Å². The van der Waals surface area contributed by atoms with Gasteiger partial charge in [-0.05, 0) is 61.1 Å². The molecule has 8 rings (SSSR count). The van der Waals surface area contributed by atoms with Crippen LogP contribution in [-0.4, -0.2) is 69.0 Å². The Bertz CT molecular complexity index is 1770. The summed E-state index contributed by atoms with van der Waals surface area (Å²) >= 11 is 27.8. The Morgan fingerprint density at radius 2 is 1.70 bits per heavy atom. The van der Waals surface area contributed by atoms with Crippen molar-refractivity contribution in [1.82, 2.24) is 14.7 Å². The van der Waals surface area contributed by atoms with E-state index in [-0.39, 0.29) is 11.8 Å². The number of nitrogens with zero attached hydrogens (tertiary/aromatic N) is 4. The van der Waals surface area contributed by atoms with Crippen molar-refractivity contribution < 1.29 is 14.4 Å². The number of para-hydroxylation sites is 1. The fraction of sp³-hybridized carbons (Fsp3) is 0.300. The van der Waals surface area contributed by atoms with Gasteiger partial charge < -0.3 is 10.2 Å². The summed E-state index contributed by atoms with van der Waals surface area (Å²) < 4.78 is -1.41. The predicted molar refractivity (Wildman–Crippen MR) is 169 cm³/mol. The molecule has 3 aromatic carbocycles. The highest BCUT2D eigenvalue weighted by Gasteiger charge is 2.83. The zero-order chi connectivity index (χ0) is 29.9. The van der Waals surface area contributed by atoms with Crippen LogP contribution in [0, 0.1) is 0 Å². The number of rotatable bonds is 2. The molecule has 0 aromatic heterocycles. The molecule has 13 heteroatoms. The smallest absolute Gasteiger partial charge is 0.332 e. The molecule has 220 valence electrons. The Kier molecular flexibility index (Phi) is 6.10. The molecule has 1 N–H and O–H groups in total. The number of nitrogens with one attached hydrogen (secondary N) is 1. The van der Waals surface area contributed by atoms with Crippen molar-refractivity contribution in [3.63, 3.8) is 0 Å². The van der Waals surface area contributed by atoms with Crippen molar-refractivity contribution in [2.75, 3.05) is 32.0 Å². The van der Waals surface area contributed by atoms with E-state index in [2.05, 4.69) is 10.5 Å². The quantitative estimate of drug-likeness (QED) is 0.349. The zero-order valence-electron chi connectivity index (χ0n) is 22.6. The second-order valence-electron chi connectivity index (χ2n) is 11.3. The predicted octanol–water partition coefficient (Wildman–Crippen LogP) is 6.20. The van der Waals surface area contributed by atoms with Crippen LogP contribution in [-0.2, 0) is 20.0 Å². The number of benzene rings is 3. The molecule has 3 aromatic rings. The van der Waals surface area contributed by atoms with E-state index in [0.717, 1.165) is 11.1 Å². The molecule has 2 amide bonds. The monoisotopic (exact) mass is 673 g/mol. The van der Waals surface area contributed by atoms with Crippen LogP contribution < -0.4 is 5.32 Å². The summed E-state index contributed by atoms with van der Waals surface area (Å²) in [4.78, 5) is 41.8. The molecular formula is C30H23Cl4N5O3S. The molecule has 3 fully saturated rings. The van der Waals surface area contributed by atoms with Gasteiger partial charge in [-0.1, -0.05) is 81.9 Å². The summed E-state index contributed by atoms with van der Waals surface area (Å²) in [5.41, 5.74) is 1.26. The number of amidine groups is 1. The van der Waals surface area contributed by atoms with Crippen LogP contribution in [0.1, 0.15) is 29.0 Å². The Labute approximate surface area is 271 Å². The standard InChI is InChI=1S/C30H23Cl4N5O3S/c1-37-15-19(17-11-10-16(31)14-22(17)34)29(28(37)18-6-2-3-9-23(18)35-26(28)40)27(41)39-13-5-12-38-25(36-42-30(38,39)43-29)24-20(32)7-4-8-21(24)33/h2-4,6-11,14,19H,5,12-13,15H2,1H3,(H,35,40). The molecule has 43 heavy (non-hydrogen) atoms. The van der Waals surface area contributed by atoms with Gasteiger partial charge in [0.15, 0.2) is 11.4 Å². The summed E-state index contributed by atoms with van der Waals surface area (Å²) in [6.07, 6.45) is 0.645. The van der Waals surface area contributed by atoms with Crippen LogP contribution in [0.2, 0.25) is 20.1 Å². The number of amides is 2. The van der Waals surface area contributed by atoms with E-state index >= 15 is 4.79 Å². The first-order valence-electron chi connectivity index (χ1n) is 13.7. The second-order valence-corrected chi connectivity index (χ2v) is 14.3. The lowest BCUT2D eigenvalue weighted by molar-refractivity contribution is -0.172. The lowest BCUT2D eigenvalue weighted by atomic mass is 9.72. The van der Waals surface area contributed by atoms with Crippen LogP contribution in [0.4, 0.5) is 5.69 Å². The van der Waals surface area contributed by atoms with Crippen molar-refractivity contribution >= 4 is 81.5 Å². The highest BCUT2D eigenvalue weighted by Crippen LogP contribution is 2.71. The van der Waals surface area contributed by atoms with Gasteiger partial charge in [-0.2, -0.15) is 0 Å². The fourth-order valence-electron chi connectivity index (χ4n) is 7.63. The largest absolute Gasteiger partial charge is 0.344 e. The van der Waals surface area contributed by atoms with E-state index in [4.69, 9.17) is 51.2 Å². The summed E-state index contributed by atoms with van der Waals surface area (Å²) in [5, 5.41) is 7.96. The summed E-state index contributed by atoms with van der Waals surface area (Å²) in [5.74, 6) is -0.581. The normalized spacial score (nSPS) is 30.9. The Morgan fingerprint density at radius 3 is 2.47 bits per heavy atom. The lowest BCUT2D eigenvalue weighted by Crippen LogP contribution is -2.63. The highest BCUT2D eigenvalue weighted by molar-refractivity contribution is 8.03. The number of halogens is 4. The minimum atomic E-state index is -1.41. The minimum absolute atomic E-state index is 0.226. The van der Waals surface area contributed by atoms with Gasteiger partial charge in [0, 0.05) is 46.8 Å². The van der Waals surface area contributed by atoms with Crippen LogP contribution in [0.3, 0.4) is 0 Å². The number of carbonyl (C=O) groups excluding carboxylic acids is 2. The van der Waals surface area contributed by atoms with E-state index in [1.54, 1.807) is 35.2 Å². The third-order valence-electron chi connectivity index (χ3n) is 9.28. The van der Waals surface area contributed by atoms with E-state index < -0.39 is 21.4 Å². The van der Waals surface area contributed by atoms with Gasteiger partial charge in [0.2, 0.25) is 5.91 Å². The number of likely N-dealkylation sites (tertiary alicyclic amines) is 1. The van der Waals surface area contributed by atoms with Gasteiger partial charge in [-0.3, -0.25) is 24.3 Å². The number of hydrogen-bond donors (Lipinski definition) is 1. The number of thioether (sulfide) groups is 1. The Hall–Kier alpha value is -2.66. The summed E-state index contributed by atoms with van der Waals surface area (Å²) in [7, 11) is 1.88. The number of carbonyl (C=O) groups is 2. The number of oxime groups is 1. The van der Waals surface area contributed by atoms with Gasteiger partial charge in [-0.15, -0.1) is 0 Å². The number of anilines is 1. The molecule has 5 aliphatic heterocycles. The maximum atomic E-state index is 15.3. The molecule has 5 heterocycles. The van der Waals surface area contributed by atoms with E-state index in [0.29, 0.717) is 63.2 Å². The first kappa shape index (κ1) is 27.9. The molecule has 3 spiro atoms. The number of likely N-dealkylation sites (N-methyl/N-ethyl adjacent to an activating group) is 1. The third-order valence-corrected chi connectivity index (χ3v) is 12.3. The molecule has 0 bridgehead atoms. The lowest BCUT2D eigenvalue weighted by Gasteiger charge is -2.43. The van der Waals surface area contributed by atoms with Crippen LogP contribution in [0.25, 0.3) is 0 Å². The van der Waals surface area contributed by atoms with Gasteiger partial charge >= 0.3 is 5.18 Å². The van der Waals surface area contributed by atoms with Crippen LogP contribution in [0.15, 0.2) is 65.8 Å². The number of hydrogen-bond acceptors (Lipinski definition) is 7. The average molecular weight is 675 g/mol. The Morgan fingerprint density at radius 1 is 0.953 bits per heavy atom. The first-order chi connectivity index (χ1) is 20.7. The molecule has 3 saturated heterocycles. The maximum absolute atomic E-state index is 15.3. The SMILES string of the molecule is CN1CC(c2ccc(Cl)cc2Cl)C2(SC34ON=C(c5c(Cl)cccc5Cl)N3CCCN4C2=O)C12C(=O)Nc1ccccc12. The highest BCUT2D eigenvalue weighted by atomic mass is 35.5. The Balaban J connectivity index is 1.37. The zero-order valence-corrected chi connectivity index (χ0v) is 26.5. The number of fused-ring (bicyclic) bond motifs is 3. The van der Waals surface area contributed by atoms with E-state index in [1.807, 2.05) is 47.2 Å². The van der Waals surface area contributed by atoms with Crippen LogP contribution >= 0.6 is 58.2 Å². The average Bonchev–Trinajstić information content (AvgIpc) is 3.65. The molecule has 0 saturated carbocycles. The van der Waals surface area contributed by atoms with Gasteiger partial charge in [-0.25, -0.2) is 0 Å². The third kappa shape index (κ3) is 3.33. The molecule has 4 atom stereocenters. The van der Waals surface area contributed by atoms with Gasteiger partial charge in [0.25, 0.3) is 5.91 Å². The second kappa shape index (κ2) is 9.42. The minimum Gasteiger partial charge on any atom is -0.332 e.